The zero-order chi connectivity index (χ0) is 26.4. The number of benzene rings is 2. The molecule has 3 rings (SSSR count). The summed E-state index contributed by atoms with van der Waals surface area (Å²) in [4.78, 5) is 22.8. The smallest absolute Gasteiger partial charge is 0.310 e. The van der Waals surface area contributed by atoms with Crippen LogP contribution in [0.4, 0.5) is 23.8 Å². The largest absolute Gasteiger partial charge is 0.490 e. The number of primary amides is 1. The number of nitrogens with zero attached hydrogens (tertiary/aromatic N) is 1. The van der Waals surface area contributed by atoms with E-state index in [2.05, 4.69) is 0 Å². The van der Waals surface area contributed by atoms with Gasteiger partial charge in [0.1, 0.15) is 10.7 Å². The van der Waals surface area contributed by atoms with E-state index in [0.717, 1.165) is 4.90 Å². The first kappa shape index (κ1) is 26.2. The lowest BCUT2D eigenvalue weighted by molar-refractivity contribution is 0.0962. The number of amides is 1. The second-order valence-electron chi connectivity index (χ2n) is 7.63. The topological polar surface area (TPSA) is 106 Å². The molecule has 3 N–H and O–H groups in total. The maximum Gasteiger partial charge on any atom is 0.310 e. The SMILES string of the molecule is CCOc1cc2c(c(F)c1OCC)C(=N)N(CC(=O)c1cc(C(N)=O)cc(S(F)(F)(F)(F)F)c1)C2. The standard InChI is InChI=1S/C21H21F6N3O4S/c1-3-33-16-8-13-9-30(20(28)17(13)18(22)19(16)34-4-2)10-15(31)11-5-12(21(29)32)7-14(6-11)35(23,24,25,26)27/h5-8,28H,3-4,9-10H2,1-2H3,(H2,29,32). The zero-order valence-corrected chi connectivity index (χ0v) is 19.3. The van der Waals surface area contributed by atoms with E-state index in [-0.39, 0.29) is 54.5 Å². The van der Waals surface area contributed by atoms with Crippen molar-refractivity contribution >= 4 is 27.8 Å². The summed E-state index contributed by atoms with van der Waals surface area (Å²) < 4.78 is 92.5. The molecule has 0 saturated carbocycles. The van der Waals surface area contributed by atoms with Gasteiger partial charge < -0.3 is 20.1 Å². The van der Waals surface area contributed by atoms with Gasteiger partial charge in [0.2, 0.25) is 5.91 Å². The van der Waals surface area contributed by atoms with Gasteiger partial charge in [-0.15, -0.1) is 0 Å². The normalized spacial score (nSPS) is 15.3. The predicted octanol–water partition coefficient (Wildman–Crippen LogP) is 5.40. The molecule has 2 aromatic carbocycles. The van der Waals surface area contributed by atoms with Gasteiger partial charge in [0.05, 0.1) is 25.3 Å². The number of ether oxygens (including phenoxy) is 2. The number of nitrogens with one attached hydrogen (secondary N) is 1. The van der Waals surface area contributed by atoms with Gasteiger partial charge >= 0.3 is 10.2 Å². The van der Waals surface area contributed by atoms with Crippen molar-refractivity contribution < 1.29 is 42.9 Å². The van der Waals surface area contributed by atoms with E-state index in [1.807, 2.05) is 0 Å². The fourth-order valence-electron chi connectivity index (χ4n) is 3.55. The molecule has 2 aromatic rings. The average Bonchev–Trinajstić information content (AvgIpc) is 3.04. The minimum absolute atomic E-state index is 0.0653. The number of fused-ring (bicyclic) bond motifs is 1. The summed E-state index contributed by atoms with van der Waals surface area (Å²) in [7, 11) is -10.2. The van der Waals surface area contributed by atoms with Crippen molar-refractivity contribution in [3.05, 3.63) is 52.3 Å². The number of nitrogens with two attached hydrogens (primary N) is 1. The minimum Gasteiger partial charge on any atom is -0.490 e. The molecule has 1 heterocycles. The van der Waals surface area contributed by atoms with Gasteiger partial charge in [-0.3, -0.25) is 15.0 Å². The molecule has 0 radical (unpaired) electrons. The van der Waals surface area contributed by atoms with Crippen LogP contribution in [-0.4, -0.2) is 42.2 Å². The Balaban J connectivity index is 1.97. The zero-order valence-electron chi connectivity index (χ0n) is 18.5. The highest BCUT2D eigenvalue weighted by atomic mass is 32.5. The molecule has 0 fully saturated rings. The molecule has 1 amide bonds. The number of amidine groups is 1. The van der Waals surface area contributed by atoms with Crippen LogP contribution in [0.5, 0.6) is 11.5 Å². The second kappa shape index (κ2) is 8.07. The lowest BCUT2D eigenvalue weighted by atomic mass is 10.1. The minimum atomic E-state index is -10.2. The van der Waals surface area contributed by atoms with Crippen LogP contribution in [0.3, 0.4) is 0 Å². The van der Waals surface area contributed by atoms with Crippen LogP contribution in [0.15, 0.2) is 29.2 Å². The summed E-state index contributed by atoms with van der Waals surface area (Å²) in [5.41, 5.74) is 3.22. The van der Waals surface area contributed by atoms with Crippen molar-refractivity contribution in [3.8, 4) is 11.5 Å². The van der Waals surface area contributed by atoms with E-state index in [1.54, 1.807) is 13.8 Å². The van der Waals surface area contributed by atoms with Gasteiger partial charge in [-0.25, -0.2) is 4.39 Å². The number of carbonyl (C=O) groups excluding carboxylic acids is 2. The molecule has 0 unspecified atom stereocenters. The van der Waals surface area contributed by atoms with Crippen molar-refractivity contribution in [1.29, 1.82) is 5.41 Å². The van der Waals surface area contributed by atoms with Crippen molar-refractivity contribution in [2.75, 3.05) is 19.8 Å². The Labute approximate surface area is 196 Å². The maximum atomic E-state index is 15.1. The number of rotatable bonds is 9. The third kappa shape index (κ3) is 5.31. The first-order chi connectivity index (χ1) is 16.0. The van der Waals surface area contributed by atoms with Gasteiger partial charge in [0, 0.05) is 17.7 Å². The van der Waals surface area contributed by atoms with Crippen LogP contribution < -0.4 is 15.2 Å². The summed E-state index contributed by atoms with van der Waals surface area (Å²) in [5.74, 6) is -4.11. The molecule has 35 heavy (non-hydrogen) atoms. The summed E-state index contributed by atoms with van der Waals surface area (Å²) in [5, 5.41) is 8.27. The Bertz CT molecular complexity index is 1250. The molecule has 0 aromatic heterocycles. The molecule has 14 heteroatoms. The quantitative estimate of drug-likeness (QED) is 0.337. The monoisotopic (exact) mass is 525 g/mol. The lowest BCUT2D eigenvalue weighted by Crippen LogP contribution is -2.30. The van der Waals surface area contributed by atoms with Crippen molar-refractivity contribution in [2.24, 2.45) is 5.73 Å². The van der Waals surface area contributed by atoms with Crippen molar-refractivity contribution in [2.45, 2.75) is 25.3 Å². The Morgan fingerprint density at radius 3 is 2.17 bits per heavy atom. The van der Waals surface area contributed by atoms with E-state index < -0.39 is 56.1 Å². The lowest BCUT2D eigenvalue weighted by Gasteiger charge is -2.40. The molecule has 0 spiro atoms. The van der Waals surface area contributed by atoms with Gasteiger partial charge in [-0.05, 0) is 43.7 Å². The highest BCUT2D eigenvalue weighted by molar-refractivity contribution is 8.45. The van der Waals surface area contributed by atoms with Gasteiger partial charge in [0.25, 0.3) is 0 Å². The number of halogens is 6. The molecular formula is C21H21F6N3O4S. The van der Waals surface area contributed by atoms with Gasteiger partial charge in [-0.1, -0.05) is 19.4 Å². The molecule has 0 saturated heterocycles. The highest BCUT2D eigenvalue weighted by Gasteiger charge is 2.65. The molecule has 7 nitrogen and oxygen atoms in total. The third-order valence-electron chi connectivity index (χ3n) is 5.06. The molecule has 192 valence electrons. The summed E-state index contributed by atoms with van der Waals surface area (Å²) >= 11 is 0. The number of hydrogen-bond donors (Lipinski definition) is 2. The third-order valence-corrected chi connectivity index (χ3v) is 6.19. The highest BCUT2D eigenvalue weighted by Crippen LogP contribution is 3.02. The van der Waals surface area contributed by atoms with E-state index in [4.69, 9.17) is 20.6 Å². The van der Waals surface area contributed by atoms with Crippen LogP contribution in [0, 0.1) is 11.2 Å². The Morgan fingerprint density at radius 1 is 1.03 bits per heavy atom. The Kier molecular flexibility index (Phi) is 6.04. The molecular weight excluding hydrogens is 504 g/mol. The molecule has 0 atom stereocenters. The van der Waals surface area contributed by atoms with E-state index in [0.29, 0.717) is 6.07 Å². The van der Waals surface area contributed by atoms with Crippen molar-refractivity contribution in [3.63, 3.8) is 0 Å². The Hall–Kier alpha value is -3.42. The first-order valence-electron chi connectivity index (χ1n) is 10.1. The van der Waals surface area contributed by atoms with Crippen molar-refractivity contribution in [1.82, 2.24) is 4.90 Å². The fraction of sp³-hybridized carbons (Fsp3) is 0.286. The van der Waals surface area contributed by atoms with Crippen LogP contribution in [0.1, 0.15) is 45.7 Å². The molecule has 1 aliphatic heterocycles. The average molecular weight is 525 g/mol. The van der Waals surface area contributed by atoms with Gasteiger partial charge in [0.15, 0.2) is 23.1 Å². The molecule has 1 aliphatic rings. The van der Waals surface area contributed by atoms with Crippen LogP contribution in [0.25, 0.3) is 0 Å². The number of Topliss-reactive ketones (excluding diaryl/α,β-unsaturated/α-hetero) is 1. The number of carbonyl (C=O) groups is 2. The number of hydrogen-bond acceptors (Lipinski definition) is 5. The molecule has 0 bridgehead atoms. The molecule has 0 aliphatic carbocycles. The van der Waals surface area contributed by atoms with Gasteiger partial charge in [-0.2, -0.15) is 0 Å². The predicted molar refractivity (Wildman–Crippen MR) is 117 cm³/mol. The Morgan fingerprint density at radius 2 is 1.63 bits per heavy atom. The first-order valence-corrected chi connectivity index (χ1v) is 12.1. The van der Waals surface area contributed by atoms with E-state index >= 15 is 4.39 Å². The summed E-state index contributed by atoms with van der Waals surface area (Å²) in [6.45, 7) is 2.60. The van der Waals surface area contributed by atoms with Crippen LogP contribution >= 0.6 is 10.2 Å². The summed E-state index contributed by atoms with van der Waals surface area (Å²) in [6.07, 6.45) is 0. The summed E-state index contributed by atoms with van der Waals surface area (Å²) in [6, 6.07) is 1.90. The van der Waals surface area contributed by atoms with E-state index in [9.17, 15) is 29.0 Å². The van der Waals surface area contributed by atoms with Crippen LogP contribution in [-0.2, 0) is 6.54 Å². The number of ketones is 1. The second-order valence-corrected chi connectivity index (χ2v) is 10.0. The fourth-order valence-corrected chi connectivity index (χ4v) is 4.25. The maximum absolute atomic E-state index is 15.1. The van der Waals surface area contributed by atoms with Crippen LogP contribution in [0.2, 0.25) is 0 Å². The van der Waals surface area contributed by atoms with E-state index in [1.165, 1.54) is 6.07 Å².